The molecular formula is C11H17N. The van der Waals surface area contributed by atoms with Crippen molar-refractivity contribution in [3.8, 4) is 0 Å². The molecule has 1 aliphatic carbocycles. The summed E-state index contributed by atoms with van der Waals surface area (Å²) in [6.45, 7) is 5.07. The molecule has 0 heterocycles. The molecule has 1 aliphatic rings. The van der Waals surface area contributed by atoms with E-state index in [1.807, 2.05) is 0 Å². The van der Waals surface area contributed by atoms with E-state index in [9.17, 15) is 0 Å². The van der Waals surface area contributed by atoms with E-state index in [1.54, 1.807) is 0 Å². The number of allylic oxidation sites excluding steroid dienone is 5. The number of hydrogen-bond donors (Lipinski definition) is 1. The summed E-state index contributed by atoms with van der Waals surface area (Å²) < 4.78 is 0. The lowest BCUT2D eigenvalue weighted by atomic mass is 10.1. The van der Waals surface area contributed by atoms with Crippen molar-refractivity contribution in [1.29, 1.82) is 0 Å². The highest BCUT2D eigenvalue weighted by Crippen LogP contribution is 2.16. The number of nitrogens with two attached hydrogens (primary N) is 1. The van der Waals surface area contributed by atoms with Gasteiger partial charge >= 0.3 is 0 Å². The Kier molecular flexibility index (Phi) is 3.30. The number of rotatable bonds is 2. The van der Waals surface area contributed by atoms with Crippen LogP contribution < -0.4 is 5.73 Å². The minimum atomic E-state index is 0.552. The van der Waals surface area contributed by atoms with Crippen LogP contribution in [0.15, 0.2) is 35.5 Å². The lowest BCUT2D eigenvalue weighted by Crippen LogP contribution is -1.98. The van der Waals surface area contributed by atoms with Crippen LogP contribution in [0.5, 0.6) is 0 Å². The summed E-state index contributed by atoms with van der Waals surface area (Å²) in [5, 5.41) is 0. The third kappa shape index (κ3) is 2.67. The van der Waals surface area contributed by atoms with E-state index in [0.717, 1.165) is 13.0 Å². The molecule has 1 unspecified atom stereocenters. The van der Waals surface area contributed by atoms with Crippen molar-refractivity contribution < 1.29 is 0 Å². The van der Waals surface area contributed by atoms with Crippen LogP contribution in [0.3, 0.4) is 0 Å². The van der Waals surface area contributed by atoms with Crippen molar-refractivity contribution >= 4 is 0 Å². The van der Waals surface area contributed by atoms with Gasteiger partial charge in [0.2, 0.25) is 0 Å². The summed E-state index contributed by atoms with van der Waals surface area (Å²) in [7, 11) is 0. The molecule has 0 saturated heterocycles. The Hall–Kier alpha value is -0.820. The molecule has 0 aromatic heterocycles. The van der Waals surface area contributed by atoms with Crippen molar-refractivity contribution in [2.75, 3.05) is 6.54 Å². The molecule has 0 fully saturated rings. The van der Waals surface area contributed by atoms with Crippen molar-refractivity contribution in [1.82, 2.24) is 0 Å². The third-order valence-electron chi connectivity index (χ3n) is 1.99. The van der Waals surface area contributed by atoms with E-state index in [1.165, 1.54) is 11.1 Å². The molecule has 0 aliphatic heterocycles. The van der Waals surface area contributed by atoms with Gasteiger partial charge in [0.05, 0.1) is 0 Å². The Morgan fingerprint density at radius 2 is 2.25 bits per heavy atom. The summed E-state index contributed by atoms with van der Waals surface area (Å²) in [6.07, 6.45) is 9.86. The van der Waals surface area contributed by atoms with Crippen molar-refractivity contribution in [3.63, 3.8) is 0 Å². The summed E-state index contributed by atoms with van der Waals surface area (Å²) in [5.41, 5.74) is 8.18. The average molecular weight is 163 g/mol. The van der Waals surface area contributed by atoms with Crippen LogP contribution in [0.25, 0.3) is 0 Å². The highest BCUT2D eigenvalue weighted by atomic mass is 14.5. The molecule has 0 aromatic carbocycles. The van der Waals surface area contributed by atoms with Crippen LogP contribution in [0, 0.1) is 5.92 Å². The first-order valence-electron chi connectivity index (χ1n) is 4.49. The summed E-state index contributed by atoms with van der Waals surface area (Å²) >= 11 is 0. The van der Waals surface area contributed by atoms with Crippen LogP contribution >= 0.6 is 0 Å². The first-order valence-corrected chi connectivity index (χ1v) is 4.49. The second kappa shape index (κ2) is 4.27. The van der Waals surface area contributed by atoms with Gasteiger partial charge in [-0.25, -0.2) is 0 Å². The highest BCUT2D eigenvalue weighted by molar-refractivity contribution is 5.33. The third-order valence-corrected chi connectivity index (χ3v) is 1.99. The van der Waals surface area contributed by atoms with Gasteiger partial charge in [0, 0.05) is 0 Å². The number of hydrogen-bond acceptors (Lipinski definition) is 1. The van der Waals surface area contributed by atoms with Gasteiger partial charge < -0.3 is 5.73 Å². The van der Waals surface area contributed by atoms with Gasteiger partial charge in [0.15, 0.2) is 0 Å². The molecule has 0 radical (unpaired) electrons. The zero-order chi connectivity index (χ0) is 8.97. The first kappa shape index (κ1) is 9.27. The smallest absolute Gasteiger partial charge is 0.00367 e. The molecule has 12 heavy (non-hydrogen) atoms. The normalized spacial score (nSPS) is 23.1. The van der Waals surface area contributed by atoms with E-state index >= 15 is 0 Å². The SMILES string of the molecule is CC1=CC(C)C=CC(CCN)=C1. The van der Waals surface area contributed by atoms with E-state index in [4.69, 9.17) is 5.73 Å². The van der Waals surface area contributed by atoms with Crippen molar-refractivity contribution in [2.24, 2.45) is 11.7 Å². The molecule has 2 N–H and O–H groups in total. The van der Waals surface area contributed by atoms with Gasteiger partial charge in [0.1, 0.15) is 0 Å². The fourth-order valence-electron chi connectivity index (χ4n) is 1.46. The van der Waals surface area contributed by atoms with Crippen LogP contribution in [0.1, 0.15) is 20.3 Å². The monoisotopic (exact) mass is 163 g/mol. The molecule has 66 valence electrons. The van der Waals surface area contributed by atoms with E-state index in [-0.39, 0.29) is 0 Å². The van der Waals surface area contributed by atoms with Gasteiger partial charge in [-0.15, -0.1) is 0 Å². The van der Waals surface area contributed by atoms with Gasteiger partial charge in [-0.05, 0) is 31.4 Å². The highest BCUT2D eigenvalue weighted by Gasteiger charge is 1.99. The molecule has 1 rings (SSSR count). The zero-order valence-electron chi connectivity index (χ0n) is 7.88. The minimum Gasteiger partial charge on any atom is -0.330 e. The van der Waals surface area contributed by atoms with E-state index < -0.39 is 0 Å². The van der Waals surface area contributed by atoms with E-state index in [2.05, 4.69) is 38.2 Å². The Balaban J connectivity index is 2.76. The second-order valence-electron chi connectivity index (χ2n) is 3.39. The first-order chi connectivity index (χ1) is 5.72. The summed E-state index contributed by atoms with van der Waals surface area (Å²) in [4.78, 5) is 0. The van der Waals surface area contributed by atoms with Gasteiger partial charge in [0.25, 0.3) is 0 Å². The van der Waals surface area contributed by atoms with Crippen LogP contribution in [-0.4, -0.2) is 6.54 Å². The maximum Gasteiger partial charge on any atom is -0.00367 e. The Labute approximate surface area is 74.7 Å². The van der Waals surface area contributed by atoms with Gasteiger partial charge in [-0.3, -0.25) is 0 Å². The fourth-order valence-corrected chi connectivity index (χ4v) is 1.46. The molecule has 0 aromatic rings. The van der Waals surface area contributed by atoms with Gasteiger partial charge in [-0.2, -0.15) is 0 Å². The Morgan fingerprint density at radius 3 is 2.92 bits per heavy atom. The lowest BCUT2D eigenvalue weighted by molar-refractivity contribution is 0.929. The van der Waals surface area contributed by atoms with Crippen LogP contribution in [0.2, 0.25) is 0 Å². The Morgan fingerprint density at radius 1 is 1.50 bits per heavy atom. The molecule has 1 atom stereocenters. The molecule has 1 nitrogen and oxygen atoms in total. The van der Waals surface area contributed by atoms with Crippen molar-refractivity contribution in [2.45, 2.75) is 20.3 Å². The summed E-state index contributed by atoms with van der Waals surface area (Å²) in [6, 6.07) is 0. The average Bonchev–Trinajstić information content (AvgIpc) is 2.13. The maximum absolute atomic E-state index is 5.50. The quantitative estimate of drug-likeness (QED) is 0.664. The Bertz CT molecular complexity index is 233. The largest absolute Gasteiger partial charge is 0.330 e. The van der Waals surface area contributed by atoms with Crippen molar-refractivity contribution in [3.05, 3.63) is 35.5 Å². The van der Waals surface area contributed by atoms with Gasteiger partial charge in [-0.1, -0.05) is 36.8 Å². The predicted molar refractivity (Wildman–Crippen MR) is 53.8 cm³/mol. The molecule has 0 bridgehead atoms. The van der Waals surface area contributed by atoms with Crippen LogP contribution in [0.4, 0.5) is 0 Å². The topological polar surface area (TPSA) is 26.0 Å². The fraction of sp³-hybridized carbons (Fsp3) is 0.455. The molecule has 1 heteroatoms. The maximum atomic E-state index is 5.50. The van der Waals surface area contributed by atoms with E-state index in [0.29, 0.717) is 5.92 Å². The standard InChI is InChI=1S/C11H17N/c1-9-3-4-11(5-6-12)8-10(2)7-9/h3-4,7-9H,5-6,12H2,1-2H3. The van der Waals surface area contributed by atoms with Crippen LogP contribution in [-0.2, 0) is 0 Å². The minimum absolute atomic E-state index is 0.552. The lowest BCUT2D eigenvalue weighted by Gasteiger charge is -1.97. The zero-order valence-corrected chi connectivity index (χ0v) is 7.88. The molecular weight excluding hydrogens is 146 g/mol. The predicted octanol–water partition coefficient (Wildman–Crippen LogP) is 2.41. The second-order valence-corrected chi connectivity index (χ2v) is 3.39. The molecule has 0 saturated carbocycles. The molecule has 0 spiro atoms. The molecule has 0 amide bonds. The summed E-state index contributed by atoms with van der Waals surface area (Å²) in [5.74, 6) is 0.552.